The molecule has 1 aromatic carbocycles. The van der Waals surface area contributed by atoms with Crippen molar-refractivity contribution >= 4 is 30.5 Å². The molecule has 1 fully saturated rings. The molecule has 8 heteroatoms. The van der Waals surface area contributed by atoms with E-state index in [-0.39, 0.29) is 23.6 Å². The minimum atomic E-state index is -0.922. The van der Waals surface area contributed by atoms with Gasteiger partial charge in [-0.25, -0.2) is 4.79 Å². The number of alkyl carbamates (subject to hydrolysis) is 1. The van der Waals surface area contributed by atoms with Gasteiger partial charge in [-0.15, -0.1) is 0 Å². The van der Waals surface area contributed by atoms with E-state index in [9.17, 15) is 14.4 Å². The molecular formula is C26H41N3O4S. The molecule has 2 rings (SSSR count). The highest BCUT2D eigenvalue weighted by molar-refractivity contribution is 7.80. The number of nitrogens with zero attached hydrogens (tertiary/aromatic N) is 1. The first-order chi connectivity index (χ1) is 15.9. The number of hydrogen-bond acceptors (Lipinski definition) is 5. The maximum atomic E-state index is 13.6. The van der Waals surface area contributed by atoms with Gasteiger partial charge in [0, 0.05) is 18.3 Å². The lowest BCUT2D eigenvalue weighted by molar-refractivity contribution is -0.142. The van der Waals surface area contributed by atoms with E-state index in [1.807, 2.05) is 39.0 Å². The number of thiol groups is 1. The number of hydrogen-bond donors (Lipinski definition) is 3. The van der Waals surface area contributed by atoms with Crippen LogP contribution in [0.3, 0.4) is 0 Å². The number of nitrogens with one attached hydrogen (secondary N) is 2. The summed E-state index contributed by atoms with van der Waals surface area (Å²) in [6.45, 7) is 11.4. The third-order valence-electron chi connectivity index (χ3n) is 5.87. The lowest BCUT2D eigenvalue weighted by Crippen LogP contribution is -2.54. The number of carbonyl (C=O) groups excluding carboxylic acids is 3. The van der Waals surface area contributed by atoms with Crippen LogP contribution in [0.4, 0.5) is 4.79 Å². The van der Waals surface area contributed by atoms with Gasteiger partial charge in [-0.3, -0.25) is 9.59 Å². The summed E-state index contributed by atoms with van der Waals surface area (Å²) >= 11 is 4.30. The third-order valence-corrected chi connectivity index (χ3v) is 6.23. The molecular weight excluding hydrogens is 450 g/mol. The van der Waals surface area contributed by atoms with Crippen LogP contribution in [-0.4, -0.2) is 52.8 Å². The molecule has 0 radical (unpaired) electrons. The quantitative estimate of drug-likeness (QED) is 0.469. The van der Waals surface area contributed by atoms with Crippen molar-refractivity contribution in [3.05, 3.63) is 34.9 Å². The highest BCUT2D eigenvalue weighted by atomic mass is 32.1. The van der Waals surface area contributed by atoms with E-state index in [1.165, 1.54) is 11.3 Å². The van der Waals surface area contributed by atoms with E-state index in [1.54, 1.807) is 20.8 Å². The Balaban J connectivity index is 2.35. The summed E-state index contributed by atoms with van der Waals surface area (Å²) < 4.78 is 5.32. The van der Waals surface area contributed by atoms with Crippen molar-refractivity contribution in [2.75, 3.05) is 12.3 Å². The first kappa shape index (κ1) is 28.0. The van der Waals surface area contributed by atoms with Crippen LogP contribution in [-0.2, 0) is 14.3 Å². The third kappa shape index (κ3) is 8.22. The highest BCUT2D eigenvalue weighted by Crippen LogP contribution is 2.26. The van der Waals surface area contributed by atoms with Crippen molar-refractivity contribution in [2.24, 2.45) is 0 Å². The van der Waals surface area contributed by atoms with Crippen LogP contribution in [0.15, 0.2) is 18.2 Å². The molecule has 34 heavy (non-hydrogen) atoms. The summed E-state index contributed by atoms with van der Waals surface area (Å²) in [6.07, 6.45) is 4.58. The summed E-state index contributed by atoms with van der Waals surface area (Å²) in [5.74, 6) is -0.480. The summed E-state index contributed by atoms with van der Waals surface area (Å²) in [6, 6.07) is 4.33. The topological polar surface area (TPSA) is 87.7 Å². The van der Waals surface area contributed by atoms with Gasteiger partial charge in [-0.1, -0.05) is 48.6 Å². The van der Waals surface area contributed by atoms with Gasteiger partial charge < -0.3 is 20.3 Å². The van der Waals surface area contributed by atoms with Crippen LogP contribution in [0, 0.1) is 13.8 Å². The monoisotopic (exact) mass is 491 g/mol. The van der Waals surface area contributed by atoms with Crippen LogP contribution >= 0.6 is 12.6 Å². The van der Waals surface area contributed by atoms with E-state index in [0.29, 0.717) is 6.54 Å². The number of likely N-dealkylation sites (N-methyl/N-ethyl adjacent to an activating group) is 1. The molecule has 0 aliphatic heterocycles. The van der Waals surface area contributed by atoms with E-state index >= 15 is 0 Å². The molecule has 1 aliphatic carbocycles. The fourth-order valence-electron chi connectivity index (χ4n) is 4.47. The molecule has 2 atom stereocenters. The number of amides is 3. The Morgan fingerprint density at radius 2 is 1.68 bits per heavy atom. The second-order valence-electron chi connectivity index (χ2n) is 10.2. The Morgan fingerprint density at radius 1 is 1.09 bits per heavy atom. The van der Waals surface area contributed by atoms with Crippen molar-refractivity contribution in [1.29, 1.82) is 0 Å². The maximum Gasteiger partial charge on any atom is 0.408 e. The van der Waals surface area contributed by atoms with Crippen molar-refractivity contribution in [1.82, 2.24) is 15.5 Å². The molecule has 1 aromatic rings. The van der Waals surface area contributed by atoms with E-state index < -0.39 is 23.8 Å². The number of aryl methyl sites for hydroxylation is 2. The number of ether oxygens (including phenoxy) is 1. The van der Waals surface area contributed by atoms with E-state index in [4.69, 9.17) is 4.74 Å². The number of benzene rings is 1. The van der Waals surface area contributed by atoms with Crippen molar-refractivity contribution in [3.63, 3.8) is 0 Å². The SMILES string of the molecule is CCN(C(=O)C(CS)NC(=O)OC(C)(C)C)C(C(=O)NC1CCCCC1)c1cc(C)cc(C)c1. The molecule has 7 nitrogen and oxygen atoms in total. The Hall–Kier alpha value is -2.22. The largest absolute Gasteiger partial charge is 0.444 e. The first-order valence-corrected chi connectivity index (χ1v) is 12.9. The van der Waals surface area contributed by atoms with Gasteiger partial charge in [0.05, 0.1) is 0 Å². The Morgan fingerprint density at radius 3 is 2.18 bits per heavy atom. The van der Waals surface area contributed by atoms with Crippen molar-refractivity contribution < 1.29 is 19.1 Å². The van der Waals surface area contributed by atoms with Crippen LogP contribution < -0.4 is 10.6 Å². The Bertz CT molecular complexity index is 842. The molecule has 190 valence electrons. The first-order valence-electron chi connectivity index (χ1n) is 12.2. The fraction of sp³-hybridized carbons (Fsp3) is 0.654. The average Bonchev–Trinajstić information content (AvgIpc) is 2.73. The summed E-state index contributed by atoms with van der Waals surface area (Å²) in [5, 5.41) is 5.82. The van der Waals surface area contributed by atoms with Gasteiger partial charge in [0.1, 0.15) is 17.7 Å². The van der Waals surface area contributed by atoms with Gasteiger partial charge in [0.25, 0.3) is 0 Å². The maximum absolute atomic E-state index is 13.6. The Kier molecular flexibility index (Phi) is 10.3. The summed E-state index contributed by atoms with van der Waals surface area (Å²) in [5.41, 5.74) is 2.11. The molecule has 0 bridgehead atoms. The smallest absolute Gasteiger partial charge is 0.408 e. The summed E-state index contributed by atoms with van der Waals surface area (Å²) in [7, 11) is 0. The molecule has 0 heterocycles. The summed E-state index contributed by atoms with van der Waals surface area (Å²) in [4.78, 5) is 41.1. The zero-order valence-electron chi connectivity index (χ0n) is 21.4. The molecule has 1 saturated carbocycles. The number of carbonyl (C=O) groups is 3. The predicted molar refractivity (Wildman–Crippen MR) is 138 cm³/mol. The highest BCUT2D eigenvalue weighted by Gasteiger charge is 2.36. The molecule has 1 aliphatic rings. The molecule has 0 aromatic heterocycles. The second kappa shape index (κ2) is 12.5. The van der Waals surface area contributed by atoms with E-state index in [2.05, 4.69) is 23.3 Å². The molecule has 3 amide bonds. The molecule has 0 spiro atoms. The van der Waals surface area contributed by atoms with Crippen LogP contribution in [0.1, 0.15) is 82.5 Å². The van der Waals surface area contributed by atoms with Crippen LogP contribution in [0.2, 0.25) is 0 Å². The van der Waals surface area contributed by atoms with Gasteiger partial charge >= 0.3 is 6.09 Å². The van der Waals surface area contributed by atoms with E-state index in [0.717, 1.165) is 42.4 Å². The second-order valence-corrected chi connectivity index (χ2v) is 10.5. The lowest BCUT2D eigenvalue weighted by atomic mass is 9.94. The van der Waals surface area contributed by atoms with Crippen molar-refractivity contribution in [3.8, 4) is 0 Å². The predicted octanol–water partition coefficient (Wildman–Crippen LogP) is 4.47. The zero-order chi connectivity index (χ0) is 25.5. The van der Waals surface area contributed by atoms with Crippen molar-refractivity contribution in [2.45, 2.75) is 97.4 Å². The average molecular weight is 492 g/mol. The molecule has 2 unspecified atom stereocenters. The van der Waals surface area contributed by atoms with Gasteiger partial charge in [0.15, 0.2) is 0 Å². The van der Waals surface area contributed by atoms with Gasteiger partial charge in [-0.05, 0) is 59.9 Å². The van der Waals surface area contributed by atoms with Crippen LogP contribution in [0.5, 0.6) is 0 Å². The minimum absolute atomic E-state index is 0.0817. The standard InChI is InChI=1S/C26H41N3O4S/c1-7-29(24(31)21(16-34)28-25(32)33-26(4,5)6)22(19-14-17(2)13-18(3)15-19)23(30)27-20-11-9-8-10-12-20/h13-15,20-22,34H,7-12,16H2,1-6H3,(H,27,30)(H,28,32). The van der Waals surface area contributed by atoms with Crippen LogP contribution in [0.25, 0.3) is 0 Å². The number of rotatable bonds is 8. The minimum Gasteiger partial charge on any atom is -0.444 e. The van der Waals surface area contributed by atoms with Gasteiger partial charge in [0.2, 0.25) is 11.8 Å². The van der Waals surface area contributed by atoms with Gasteiger partial charge in [-0.2, -0.15) is 12.6 Å². The normalized spacial score (nSPS) is 16.3. The molecule has 2 N–H and O–H groups in total. The fourth-order valence-corrected chi connectivity index (χ4v) is 4.72. The molecule has 0 saturated heterocycles. The Labute approximate surface area is 209 Å². The lowest BCUT2D eigenvalue weighted by Gasteiger charge is -2.35. The zero-order valence-corrected chi connectivity index (χ0v) is 22.3.